The predicted molar refractivity (Wildman–Crippen MR) is 106 cm³/mol. The van der Waals surface area contributed by atoms with Crippen LogP contribution in [0.5, 0.6) is 5.75 Å². The van der Waals surface area contributed by atoms with E-state index >= 15 is 0 Å². The number of nitrogens with zero attached hydrogens (tertiary/aromatic N) is 2. The minimum atomic E-state index is 0.0380. The summed E-state index contributed by atoms with van der Waals surface area (Å²) >= 11 is 9.77. The zero-order valence-corrected chi connectivity index (χ0v) is 15.9. The molecule has 2 aromatic rings. The zero-order chi connectivity index (χ0) is 17.3. The van der Waals surface area contributed by atoms with E-state index in [0.717, 1.165) is 34.2 Å². The van der Waals surface area contributed by atoms with Gasteiger partial charge in [-0.15, -0.1) is 0 Å². The van der Waals surface area contributed by atoms with Gasteiger partial charge in [-0.3, -0.25) is 4.90 Å². The van der Waals surface area contributed by atoms with E-state index < -0.39 is 0 Å². The molecule has 0 saturated carbocycles. The molecular weight excluding hydrogens is 388 g/mol. The monoisotopic (exact) mass is 404 g/mol. The van der Waals surface area contributed by atoms with E-state index in [0.29, 0.717) is 11.6 Å². The minimum absolute atomic E-state index is 0.0380. The highest BCUT2D eigenvalue weighted by atomic mass is 79.9. The summed E-state index contributed by atoms with van der Waals surface area (Å²) in [4.78, 5) is 6.89. The number of ether oxygens (including phenoxy) is 1. The Kier molecular flexibility index (Phi) is 4.97. The minimum Gasteiger partial charge on any atom is -0.492 e. The molecule has 1 heterocycles. The normalized spacial score (nSPS) is 14.9. The maximum Gasteiger partial charge on any atom is 0.143 e. The molecule has 3 nitrogen and oxygen atoms in total. The van der Waals surface area contributed by atoms with E-state index in [1.165, 1.54) is 0 Å². The SMILES string of the molecule is C=C1c2ccc(Cl)cc2N=C(C(C)Br)N1c1ccccc1OCC. The molecule has 3 rings (SSSR count). The number of aliphatic imine (C=N–C) groups is 1. The van der Waals surface area contributed by atoms with E-state index in [-0.39, 0.29) is 4.83 Å². The van der Waals surface area contributed by atoms with Crippen LogP contribution in [0, 0.1) is 0 Å². The molecule has 0 fully saturated rings. The van der Waals surface area contributed by atoms with Gasteiger partial charge in [0.1, 0.15) is 11.6 Å². The second kappa shape index (κ2) is 6.99. The zero-order valence-electron chi connectivity index (χ0n) is 13.6. The largest absolute Gasteiger partial charge is 0.492 e. The van der Waals surface area contributed by atoms with E-state index in [4.69, 9.17) is 21.3 Å². The van der Waals surface area contributed by atoms with Crippen LogP contribution in [0.1, 0.15) is 19.4 Å². The van der Waals surface area contributed by atoms with Gasteiger partial charge in [-0.05, 0) is 44.2 Å². The quantitative estimate of drug-likeness (QED) is 0.579. The lowest BCUT2D eigenvalue weighted by Gasteiger charge is -2.34. The molecule has 0 radical (unpaired) electrons. The molecular formula is C19H18BrClN2O. The third-order valence-electron chi connectivity index (χ3n) is 3.77. The lowest BCUT2D eigenvalue weighted by molar-refractivity contribution is 0.341. The molecule has 1 atom stereocenters. The topological polar surface area (TPSA) is 24.8 Å². The number of amidine groups is 1. The Labute approximate surface area is 155 Å². The lowest BCUT2D eigenvalue weighted by Crippen LogP contribution is -2.36. The smallest absolute Gasteiger partial charge is 0.143 e. The van der Waals surface area contributed by atoms with Gasteiger partial charge in [0.2, 0.25) is 0 Å². The summed E-state index contributed by atoms with van der Waals surface area (Å²) in [6, 6.07) is 13.6. The lowest BCUT2D eigenvalue weighted by atomic mass is 10.1. The molecule has 0 amide bonds. The molecule has 24 heavy (non-hydrogen) atoms. The van der Waals surface area contributed by atoms with Crippen molar-refractivity contribution in [2.45, 2.75) is 18.7 Å². The Morgan fingerprint density at radius 1 is 1.29 bits per heavy atom. The molecule has 0 aromatic heterocycles. The molecule has 0 aliphatic carbocycles. The van der Waals surface area contributed by atoms with Gasteiger partial charge in [0, 0.05) is 16.3 Å². The number of rotatable bonds is 4. The van der Waals surface area contributed by atoms with Crippen molar-refractivity contribution >= 4 is 50.4 Å². The van der Waals surface area contributed by atoms with Crippen LogP contribution in [0.4, 0.5) is 11.4 Å². The first-order valence-electron chi connectivity index (χ1n) is 7.76. The summed E-state index contributed by atoms with van der Waals surface area (Å²) in [5, 5.41) is 0.662. The number of hydrogen-bond acceptors (Lipinski definition) is 3. The van der Waals surface area contributed by atoms with Gasteiger partial charge in [0.05, 0.1) is 22.8 Å². The highest BCUT2D eigenvalue weighted by Crippen LogP contribution is 2.41. The van der Waals surface area contributed by atoms with Crippen molar-refractivity contribution in [3.63, 3.8) is 0 Å². The van der Waals surface area contributed by atoms with Crippen LogP contribution in [-0.4, -0.2) is 17.3 Å². The molecule has 0 saturated heterocycles. The fourth-order valence-corrected chi connectivity index (χ4v) is 3.20. The van der Waals surface area contributed by atoms with Crippen LogP contribution in [0.2, 0.25) is 5.02 Å². The van der Waals surface area contributed by atoms with Crippen LogP contribution in [0.3, 0.4) is 0 Å². The number of para-hydroxylation sites is 2. The fraction of sp³-hybridized carbons (Fsp3) is 0.211. The number of halogens is 2. The van der Waals surface area contributed by atoms with Gasteiger partial charge in [-0.1, -0.05) is 46.2 Å². The fourth-order valence-electron chi connectivity index (χ4n) is 2.73. The molecule has 0 N–H and O–H groups in total. The summed E-state index contributed by atoms with van der Waals surface area (Å²) in [5.41, 5.74) is 3.57. The van der Waals surface area contributed by atoms with Crippen molar-refractivity contribution in [3.8, 4) is 5.75 Å². The summed E-state index contributed by atoms with van der Waals surface area (Å²) in [6.07, 6.45) is 0. The number of benzene rings is 2. The molecule has 2 aromatic carbocycles. The van der Waals surface area contributed by atoms with Gasteiger partial charge >= 0.3 is 0 Å². The first-order chi connectivity index (χ1) is 11.5. The van der Waals surface area contributed by atoms with Gasteiger partial charge in [0.25, 0.3) is 0 Å². The maximum absolute atomic E-state index is 6.13. The van der Waals surface area contributed by atoms with Crippen molar-refractivity contribution in [2.75, 3.05) is 11.5 Å². The number of hydrogen-bond donors (Lipinski definition) is 0. The molecule has 0 spiro atoms. The van der Waals surface area contributed by atoms with Crippen molar-refractivity contribution in [1.82, 2.24) is 0 Å². The standard InChI is InChI=1S/C19H18BrClN2O/c1-4-24-18-8-6-5-7-17(18)23-13(3)15-10-9-14(21)11-16(15)22-19(23)12(2)20/h5-12H,3-4H2,1-2H3. The second-order valence-electron chi connectivity index (χ2n) is 5.43. The number of fused-ring (bicyclic) bond motifs is 1. The number of alkyl halides is 1. The Bertz CT molecular complexity index is 817. The highest BCUT2D eigenvalue weighted by molar-refractivity contribution is 9.10. The molecule has 0 bridgehead atoms. The average molecular weight is 406 g/mol. The third kappa shape index (κ3) is 3.08. The van der Waals surface area contributed by atoms with E-state index in [2.05, 4.69) is 22.5 Å². The van der Waals surface area contributed by atoms with E-state index in [1.54, 1.807) is 0 Å². The molecule has 1 aliphatic rings. The molecule has 124 valence electrons. The van der Waals surface area contributed by atoms with Crippen molar-refractivity contribution in [1.29, 1.82) is 0 Å². The van der Waals surface area contributed by atoms with Crippen molar-refractivity contribution in [2.24, 2.45) is 4.99 Å². The summed E-state index contributed by atoms with van der Waals surface area (Å²) in [6.45, 7) is 8.91. The van der Waals surface area contributed by atoms with Gasteiger partial charge in [-0.2, -0.15) is 0 Å². The van der Waals surface area contributed by atoms with Gasteiger partial charge in [-0.25, -0.2) is 4.99 Å². The first kappa shape index (κ1) is 17.1. The van der Waals surface area contributed by atoms with E-state index in [9.17, 15) is 0 Å². The Morgan fingerprint density at radius 3 is 2.75 bits per heavy atom. The Hall–Kier alpha value is -1.78. The Balaban J connectivity index is 2.18. The summed E-state index contributed by atoms with van der Waals surface area (Å²) in [5.74, 6) is 1.65. The van der Waals surface area contributed by atoms with Crippen molar-refractivity contribution < 1.29 is 4.74 Å². The van der Waals surface area contributed by atoms with Crippen LogP contribution < -0.4 is 9.64 Å². The van der Waals surface area contributed by atoms with E-state index in [1.807, 2.05) is 61.2 Å². The maximum atomic E-state index is 6.13. The van der Waals surface area contributed by atoms with Crippen LogP contribution >= 0.6 is 27.5 Å². The average Bonchev–Trinajstić information content (AvgIpc) is 2.55. The van der Waals surface area contributed by atoms with Gasteiger partial charge < -0.3 is 4.74 Å². The molecule has 5 heteroatoms. The molecule has 1 unspecified atom stereocenters. The van der Waals surface area contributed by atoms with Gasteiger partial charge in [0.15, 0.2) is 0 Å². The molecule has 1 aliphatic heterocycles. The van der Waals surface area contributed by atoms with Crippen LogP contribution in [0.15, 0.2) is 54.0 Å². The predicted octanol–water partition coefficient (Wildman–Crippen LogP) is 6.04. The Morgan fingerprint density at radius 2 is 2.04 bits per heavy atom. The summed E-state index contributed by atoms with van der Waals surface area (Å²) < 4.78 is 5.80. The first-order valence-corrected chi connectivity index (χ1v) is 9.05. The highest BCUT2D eigenvalue weighted by Gasteiger charge is 2.29. The number of anilines is 1. The van der Waals surface area contributed by atoms with Crippen LogP contribution in [-0.2, 0) is 0 Å². The van der Waals surface area contributed by atoms with Crippen LogP contribution in [0.25, 0.3) is 5.70 Å². The third-order valence-corrected chi connectivity index (χ3v) is 4.41. The second-order valence-corrected chi connectivity index (χ2v) is 7.24. The van der Waals surface area contributed by atoms with Crippen molar-refractivity contribution in [3.05, 3.63) is 59.6 Å². The summed E-state index contributed by atoms with van der Waals surface area (Å²) in [7, 11) is 0.